The van der Waals surface area contributed by atoms with Crippen LogP contribution in [-0.2, 0) is 13.0 Å². The minimum Gasteiger partial charge on any atom is -0.366 e. The summed E-state index contributed by atoms with van der Waals surface area (Å²) in [4.78, 5) is 18.8. The van der Waals surface area contributed by atoms with Gasteiger partial charge in [-0.2, -0.15) is 0 Å². The van der Waals surface area contributed by atoms with Gasteiger partial charge in [0.25, 0.3) is 5.91 Å². The molecule has 27 heavy (non-hydrogen) atoms. The van der Waals surface area contributed by atoms with E-state index >= 15 is 0 Å². The summed E-state index contributed by atoms with van der Waals surface area (Å²) in [6, 6.07) is 13.3. The van der Waals surface area contributed by atoms with E-state index in [1.165, 1.54) is 23.4 Å². The van der Waals surface area contributed by atoms with Crippen LogP contribution in [0.1, 0.15) is 21.5 Å². The van der Waals surface area contributed by atoms with Crippen LogP contribution in [0.5, 0.6) is 0 Å². The van der Waals surface area contributed by atoms with E-state index in [-0.39, 0.29) is 5.69 Å². The molecule has 0 unspecified atom stereocenters. The normalized spacial score (nSPS) is 13.2. The molecule has 0 spiro atoms. The molecule has 1 aromatic heterocycles. The van der Waals surface area contributed by atoms with Crippen LogP contribution in [0.2, 0.25) is 0 Å². The van der Waals surface area contributed by atoms with Crippen LogP contribution in [0.25, 0.3) is 0 Å². The number of rotatable bonds is 3. The topological polar surface area (TPSA) is 45.2 Å². The van der Waals surface area contributed by atoms with Gasteiger partial charge >= 0.3 is 0 Å². The second-order valence-corrected chi connectivity index (χ2v) is 6.46. The van der Waals surface area contributed by atoms with Crippen molar-refractivity contribution in [1.29, 1.82) is 0 Å². The minimum absolute atomic E-state index is 0.191. The van der Waals surface area contributed by atoms with Crippen LogP contribution in [-0.4, -0.2) is 17.4 Å². The monoisotopic (exact) mass is 365 g/mol. The number of halogens is 2. The minimum atomic E-state index is -1.01. The third kappa shape index (κ3) is 3.65. The zero-order chi connectivity index (χ0) is 18.8. The zero-order valence-corrected chi connectivity index (χ0v) is 14.5. The molecule has 6 heteroatoms. The highest BCUT2D eigenvalue weighted by Gasteiger charge is 2.18. The van der Waals surface area contributed by atoms with Crippen LogP contribution in [0.15, 0.2) is 60.9 Å². The van der Waals surface area contributed by atoms with Crippen molar-refractivity contribution in [3.8, 4) is 0 Å². The predicted molar refractivity (Wildman–Crippen MR) is 99.7 cm³/mol. The van der Waals surface area contributed by atoms with Gasteiger partial charge < -0.3 is 10.2 Å². The molecule has 0 aliphatic carbocycles. The third-order valence-corrected chi connectivity index (χ3v) is 4.66. The molecular formula is C21H17F2N3O. The summed E-state index contributed by atoms with van der Waals surface area (Å²) in [6.45, 7) is 1.60. The van der Waals surface area contributed by atoms with Crippen LogP contribution in [0.3, 0.4) is 0 Å². The summed E-state index contributed by atoms with van der Waals surface area (Å²) in [7, 11) is 0. The Morgan fingerprint density at radius 1 is 1.00 bits per heavy atom. The molecule has 0 saturated heterocycles. The zero-order valence-electron chi connectivity index (χ0n) is 14.5. The third-order valence-electron chi connectivity index (χ3n) is 4.66. The smallest absolute Gasteiger partial charge is 0.257 e. The fraction of sp³-hybridized carbons (Fsp3) is 0.143. The van der Waals surface area contributed by atoms with Crippen molar-refractivity contribution in [3.05, 3.63) is 89.2 Å². The van der Waals surface area contributed by atoms with E-state index in [1.807, 2.05) is 12.1 Å². The van der Waals surface area contributed by atoms with Gasteiger partial charge in [-0.3, -0.25) is 9.78 Å². The fourth-order valence-electron chi connectivity index (χ4n) is 3.22. The molecule has 2 heterocycles. The molecule has 4 nitrogen and oxygen atoms in total. The largest absolute Gasteiger partial charge is 0.366 e. The van der Waals surface area contributed by atoms with Gasteiger partial charge in [0, 0.05) is 31.0 Å². The lowest BCUT2D eigenvalue weighted by atomic mass is 9.99. The quantitative estimate of drug-likeness (QED) is 0.758. The molecule has 0 atom stereocenters. The number of nitrogens with zero attached hydrogens (tertiary/aromatic N) is 2. The highest BCUT2D eigenvalue weighted by atomic mass is 19.2. The van der Waals surface area contributed by atoms with Crippen molar-refractivity contribution < 1.29 is 13.6 Å². The molecule has 0 saturated carbocycles. The number of hydrogen-bond acceptors (Lipinski definition) is 3. The SMILES string of the molecule is O=C(Nc1ccc(F)c(F)c1)c1cncc(N2CCc3ccccc3C2)c1. The maximum Gasteiger partial charge on any atom is 0.257 e. The van der Waals surface area contributed by atoms with Gasteiger partial charge in [-0.15, -0.1) is 0 Å². The Kier molecular flexibility index (Phi) is 4.54. The predicted octanol–water partition coefficient (Wildman–Crippen LogP) is 4.17. The summed E-state index contributed by atoms with van der Waals surface area (Å²) in [6.07, 6.45) is 4.11. The molecule has 1 aliphatic heterocycles. The molecule has 2 aromatic carbocycles. The van der Waals surface area contributed by atoms with Crippen molar-refractivity contribution in [2.75, 3.05) is 16.8 Å². The van der Waals surface area contributed by atoms with Crippen LogP contribution < -0.4 is 10.2 Å². The van der Waals surface area contributed by atoms with Crippen molar-refractivity contribution in [2.24, 2.45) is 0 Å². The number of carbonyl (C=O) groups is 1. The lowest BCUT2D eigenvalue weighted by Gasteiger charge is -2.30. The van der Waals surface area contributed by atoms with Gasteiger partial charge in [-0.25, -0.2) is 8.78 Å². The maximum atomic E-state index is 13.3. The lowest BCUT2D eigenvalue weighted by Crippen LogP contribution is -2.30. The molecule has 1 amide bonds. The molecule has 0 radical (unpaired) electrons. The summed E-state index contributed by atoms with van der Waals surface area (Å²) in [5.74, 6) is -2.39. The van der Waals surface area contributed by atoms with Gasteiger partial charge in [0.05, 0.1) is 17.4 Å². The number of hydrogen-bond donors (Lipinski definition) is 1. The van der Waals surface area contributed by atoms with Crippen molar-refractivity contribution >= 4 is 17.3 Å². The van der Waals surface area contributed by atoms with E-state index < -0.39 is 17.5 Å². The van der Waals surface area contributed by atoms with E-state index in [1.54, 1.807) is 12.3 Å². The molecule has 3 aromatic rings. The van der Waals surface area contributed by atoms with Gasteiger partial charge in [0.1, 0.15) is 0 Å². The summed E-state index contributed by atoms with van der Waals surface area (Å²) >= 11 is 0. The first-order chi connectivity index (χ1) is 13.1. The van der Waals surface area contributed by atoms with E-state index in [4.69, 9.17) is 0 Å². The molecule has 1 aliphatic rings. The maximum absolute atomic E-state index is 13.3. The Morgan fingerprint density at radius 3 is 2.63 bits per heavy atom. The number of benzene rings is 2. The number of carbonyl (C=O) groups excluding carboxylic acids is 1. The number of amides is 1. The molecule has 1 N–H and O–H groups in total. The van der Waals surface area contributed by atoms with E-state index in [2.05, 4.69) is 27.3 Å². The Hall–Kier alpha value is -3.28. The first kappa shape index (κ1) is 17.1. The Bertz CT molecular complexity index is 1010. The van der Waals surface area contributed by atoms with E-state index in [0.29, 0.717) is 5.56 Å². The molecule has 0 bridgehead atoms. The van der Waals surface area contributed by atoms with E-state index in [9.17, 15) is 13.6 Å². The highest BCUT2D eigenvalue weighted by Crippen LogP contribution is 2.24. The Morgan fingerprint density at radius 2 is 1.81 bits per heavy atom. The van der Waals surface area contributed by atoms with Gasteiger partial charge in [-0.05, 0) is 35.7 Å². The van der Waals surface area contributed by atoms with Gasteiger partial charge in [0.15, 0.2) is 11.6 Å². The second-order valence-electron chi connectivity index (χ2n) is 6.46. The fourth-order valence-corrected chi connectivity index (χ4v) is 3.22. The summed E-state index contributed by atoms with van der Waals surface area (Å²) in [5, 5.41) is 2.57. The van der Waals surface area contributed by atoms with Gasteiger partial charge in [-0.1, -0.05) is 24.3 Å². The first-order valence-corrected chi connectivity index (χ1v) is 8.63. The van der Waals surface area contributed by atoms with Crippen molar-refractivity contribution in [1.82, 2.24) is 4.98 Å². The lowest BCUT2D eigenvalue weighted by molar-refractivity contribution is 0.102. The van der Waals surface area contributed by atoms with Crippen molar-refractivity contribution in [3.63, 3.8) is 0 Å². The Balaban J connectivity index is 1.52. The average Bonchev–Trinajstić information content (AvgIpc) is 2.70. The number of anilines is 2. The number of nitrogens with one attached hydrogen (secondary N) is 1. The van der Waals surface area contributed by atoms with Crippen LogP contribution in [0.4, 0.5) is 20.2 Å². The molecular weight excluding hydrogens is 348 g/mol. The Labute approximate surface area is 155 Å². The molecule has 0 fully saturated rings. The summed E-state index contributed by atoms with van der Waals surface area (Å²) < 4.78 is 26.3. The van der Waals surface area contributed by atoms with Crippen LogP contribution in [0, 0.1) is 11.6 Å². The highest BCUT2D eigenvalue weighted by molar-refractivity contribution is 6.04. The second kappa shape index (κ2) is 7.15. The van der Waals surface area contributed by atoms with Crippen molar-refractivity contribution in [2.45, 2.75) is 13.0 Å². The molecule has 4 rings (SSSR count). The number of fused-ring (bicyclic) bond motifs is 1. The molecule has 136 valence electrons. The summed E-state index contributed by atoms with van der Waals surface area (Å²) in [5.41, 5.74) is 4.00. The standard InChI is InChI=1S/C21H17F2N3O/c22-19-6-5-17(10-20(19)23)25-21(27)16-9-18(12-24-11-16)26-8-7-14-3-1-2-4-15(14)13-26/h1-6,9-12H,7-8,13H2,(H,25,27). The van der Waals surface area contributed by atoms with Crippen LogP contribution >= 0.6 is 0 Å². The number of aromatic nitrogens is 1. The van der Waals surface area contributed by atoms with E-state index in [0.717, 1.165) is 37.3 Å². The average molecular weight is 365 g/mol. The van der Waals surface area contributed by atoms with Gasteiger partial charge in [0.2, 0.25) is 0 Å². The first-order valence-electron chi connectivity index (χ1n) is 8.63. The number of pyridine rings is 1.